The number of ketones is 1. The lowest BCUT2D eigenvalue weighted by Crippen LogP contribution is -2.49. The van der Waals surface area contributed by atoms with Gasteiger partial charge in [0.15, 0.2) is 5.78 Å². The number of amides is 1. The van der Waals surface area contributed by atoms with Crippen molar-refractivity contribution in [2.45, 2.75) is 40.0 Å². The van der Waals surface area contributed by atoms with Crippen molar-refractivity contribution in [2.24, 2.45) is 10.8 Å². The molecule has 1 amide bonds. The second-order valence-electron chi connectivity index (χ2n) is 6.47. The molecular weight excluding hydrogens is 240 g/mol. The zero-order chi connectivity index (χ0) is 14.3. The van der Waals surface area contributed by atoms with Gasteiger partial charge in [0, 0.05) is 30.8 Å². The molecule has 2 rings (SSSR count). The SMILES string of the molecule is CC(=O)N1CCCC2(C=C(C#N)C(=O)C(C)(C)C2)C1. The van der Waals surface area contributed by atoms with Crippen LogP contribution in [0.15, 0.2) is 11.6 Å². The van der Waals surface area contributed by atoms with E-state index in [0.29, 0.717) is 13.0 Å². The van der Waals surface area contributed by atoms with Crippen molar-refractivity contribution < 1.29 is 9.59 Å². The first-order valence-corrected chi connectivity index (χ1v) is 6.73. The Morgan fingerprint density at radius 3 is 2.74 bits per heavy atom. The van der Waals surface area contributed by atoms with Crippen LogP contribution in [0, 0.1) is 22.2 Å². The molecule has 1 aliphatic carbocycles. The molecule has 1 atom stereocenters. The largest absolute Gasteiger partial charge is 0.342 e. The Bertz CT molecular complexity index is 499. The molecule has 0 radical (unpaired) electrons. The first-order valence-electron chi connectivity index (χ1n) is 6.73. The van der Waals surface area contributed by atoms with Crippen LogP contribution >= 0.6 is 0 Å². The van der Waals surface area contributed by atoms with Crippen molar-refractivity contribution >= 4 is 11.7 Å². The van der Waals surface area contributed by atoms with E-state index in [0.717, 1.165) is 19.4 Å². The summed E-state index contributed by atoms with van der Waals surface area (Å²) >= 11 is 0. The molecule has 1 fully saturated rings. The third-order valence-electron chi connectivity index (χ3n) is 4.28. The van der Waals surface area contributed by atoms with E-state index in [4.69, 9.17) is 5.26 Å². The summed E-state index contributed by atoms with van der Waals surface area (Å²) in [5, 5.41) is 9.16. The quantitative estimate of drug-likeness (QED) is 0.669. The van der Waals surface area contributed by atoms with Gasteiger partial charge in [-0.15, -0.1) is 0 Å². The monoisotopic (exact) mass is 260 g/mol. The number of likely N-dealkylation sites (tertiary alicyclic amines) is 1. The fourth-order valence-corrected chi connectivity index (χ4v) is 3.52. The van der Waals surface area contributed by atoms with Gasteiger partial charge in [0.25, 0.3) is 0 Å². The molecule has 4 nitrogen and oxygen atoms in total. The number of hydrogen-bond acceptors (Lipinski definition) is 3. The minimum absolute atomic E-state index is 0.0689. The van der Waals surface area contributed by atoms with Crippen molar-refractivity contribution in [1.29, 1.82) is 5.26 Å². The summed E-state index contributed by atoms with van der Waals surface area (Å²) in [4.78, 5) is 25.6. The normalized spacial score (nSPS) is 29.9. The van der Waals surface area contributed by atoms with Crippen LogP contribution < -0.4 is 0 Å². The van der Waals surface area contributed by atoms with Crippen molar-refractivity contribution in [3.8, 4) is 6.07 Å². The van der Waals surface area contributed by atoms with Gasteiger partial charge in [-0.05, 0) is 19.3 Å². The first-order chi connectivity index (χ1) is 8.80. The van der Waals surface area contributed by atoms with Crippen LogP contribution in [0.3, 0.4) is 0 Å². The summed E-state index contributed by atoms with van der Waals surface area (Å²) in [6.45, 7) is 6.78. The molecular formula is C15H20N2O2. The summed E-state index contributed by atoms with van der Waals surface area (Å²) in [6.07, 6.45) is 4.42. The van der Waals surface area contributed by atoms with E-state index in [1.807, 2.05) is 30.9 Å². The van der Waals surface area contributed by atoms with Gasteiger partial charge in [-0.25, -0.2) is 0 Å². The number of carbonyl (C=O) groups excluding carboxylic acids is 2. The highest BCUT2D eigenvalue weighted by Crippen LogP contribution is 2.47. The number of allylic oxidation sites excluding steroid dienone is 1. The van der Waals surface area contributed by atoms with Gasteiger partial charge in [-0.1, -0.05) is 19.9 Å². The average Bonchev–Trinajstić information content (AvgIpc) is 2.33. The van der Waals surface area contributed by atoms with Crippen LogP contribution in [0.25, 0.3) is 0 Å². The maximum atomic E-state index is 12.1. The third-order valence-corrected chi connectivity index (χ3v) is 4.28. The summed E-state index contributed by atoms with van der Waals surface area (Å²) in [5.74, 6) is 0.00117. The van der Waals surface area contributed by atoms with Gasteiger partial charge < -0.3 is 4.90 Å². The molecule has 0 N–H and O–H groups in total. The number of carbonyl (C=O) groups is 2. The van der Waals surface area contributed by atoms with Gasteiger partial charge >= 0.3 is 0 Å². The number of nitriles is 1. The standard InChI is InChI=1S/C15H20N2O2/c1-11(18)17-6-4-5-15(10-17)7-12(8-16)13(19)14(2,3)9-15/h7H,4-6,9-10H2,1-3H3. The van der Waals surface area contributed by atoms with Crippen molar-refractivity contribution in [1.82, 2.24) is 4.90 Å². The highest BCUT2D eigenvalue weighted by molar-refractivity contribution is 6.03. The Hall–Kier alpha value is -1.63. The Labute approximate surface area is 114 Å². The van der Waals surface area contributed by atoms with Crippen LogP contribution in [0.1, 0.15) is 40.0 Å². The first kappa shape index (κ1) is 13.8. The molecule has 1 spiro atoms. The molecule has 4 heteroatoms. The van der Waals surface area contributed by atoms with Crippen LogP contribution in [0.5, 0.6) is 0 Å². The third kappa shape index (κ3) is 2.42. The summed E-state index contributed by atoms with van der Waals surface area (Å²) < 4.78 is 0. The maximum absolute atomic E-state index is 12.1. The molecule has 102 valence electrons. The molecule has 1 heterocycles. The lowest BCUT2D eigenvalue weighted by molar-refractivity contribution is -0.133. The molecule has 0 aromatic rings. The molecule has 0 aromatic heterocycles. The predicted molar refractivity (Wildman–Crippen MR) is 71.0 cm³/mol. The van der Waals surface area contributed by atoms with Crippen molar-refractivity contribution in [2.75, 3.05) is 13.1 Å². The van der Waals surface area contributed by atoms with E-state index in [9.17, 15) is 9.59 Å². The molecule has 0 saturated carbocycles. The van der Waals surface area contributed by atoms with Gasteiger partial charge in [0.05, 0.1) is 5.57 Å². The Kier molecular flexibility index (Phi) is 3.25. The van der Waals surface area contributed by atoms with E-state index in [1.165, 1.54) is 0 Å². The minimum atomic E-state index is -0.514. The highest BCUT2D eigenvalue weighted by Gasteiger charge is 2.46. The van der Waals surface area contributed by atoms with E-state index in [2.05, 4.69) is 0 Å². The Morgan fingerprint density at radius 1 is 1.47 bits per heavy atom. The molecule has 0 bridgehead atoms. The second kappa shape index (κ2) is 4.48. The molecule has 1 saturated heterocycles. The highest BCUT2D eigenvalue weighted by atomic mass is 16.2. The second-order valence-corrected chi connectivity index (χ2v) is 6.47. The minimum Gasteiger partial charge on any atom is -0.342 e. The summed E-state index contributed by atoms with van der Waals surface area (Å²) in [5.41, 5.74) is -0.451. The maximum Gasteiger partial charge on any atom is 0.219 e. The van der Waals surface area contributed by atoms with Crippen LogP contribution in [-0.4, -0.2) is 29.7 Å². The molecule has 1 unspecified atom stereocenters. The Balaban J connectivity index is 2.38. The van der Waals surface area contributed by atoms with E-state index in [1.54, 1.807) is 6.92 Å². The van der Waals surface area contributed by atoms with E-state index >= 15 is 0 Å². The smallest absolute Gasteiger partial charge is 0.219 e. The Morgan fingerprint density at radius 2 is 2.16 bits per heavy atom. The van der Waals surface area contributed by atoms with Crippen LogP contribution in [-0.2, 0) is 9.59 Å². The molecule has 19 heavy (non-hydrogen) atoms. The lowest BCUT2D eigenvalue weighted by Gasteiger charge is -2.46. The van der Waals surface area contributed by atoms with Gasteiger partial charge in [0.1, 0.15) is 6.07 Å². The number of hydrogen-bond donors (Lipinski definition) is 0. The zero-order valence-electron chi connectivity index (χ0n) is 11.8. The fourth-order valence-electron chi connectivity index (χ4n) is 3.52. The van der Waals surface area contributed by atoms with Crippen molar-refractivity contribution in [3.63, 3.8) is 0 Å². The number of rotatable bonds is 0. The van der Waals surface area contributed by atoms with Gasteiger partial charge in [-0.3, -0.25) is 9.59 Å². The number of nitrogens with zero attached hydrogens (tertiary/aromatic N) is 2. The predicted octanol–water partition coefficient (Wildman–Crippen LogP) is 2.06. The fraction of sp³-hybridized carbons (Fsp3) is 0.667. The lowest BCUT2D eigenvalue weighted by atomic mass is 9.62. The molecule has 1 aliphatic heterocycles. The topological polar surface area (TPSA) is 61.2 Å². The van der Waals surface area contributed by atoms with Crippen LogP contribution in [0.2, 0.25) is 0 Å². The van der Waals surface area contributed by atoms with E-state index in [-0.39, 0.29) is 22.7 Å². The van der Waals surface area contributed by atoms with Gasteiger partial charge in [-0.2, -0.15) is 5.26 Å². The van der Waals surface area contributed by atoms with Crippen molar-refractivity contribution in [3.05, 3.63) is 11.6 Å². The summed E-state index contributed by atoms with van der Waals surface area (Å²) in [6, 6.07) is 2.03. The number of piperidine rings is 1. The zero-order valence-corrected chi connectivity index (χ0v) is 11.8. The van der Waals surface area contributed by atoms with Gasteiger partial charge in [0.2, 0.25) is 5.91 Å². The number of Topliss-reactive ketones (excluding diaryl/α,β-unsaturated/α-hetero) is 1. The molecule has 2 aliphatic rings. The summed E-state index contributed by atoms with van der Waals surface area (Å²) in [7, 11) is 0. The van der Waals surface area contributed by atoms with E-state index < -0.39 is 5.41 Å². The average molecular weight is 260 g/mol. The van der Waals surface area contributed by atoms with Crippen LogP contribution in [0.4, 0.5) is 0 Å². The molecule has 0 aromatic carbocycles.